The van der Waals surface area contributed by atoms with E-state index in [4.69, 9.17) is 16.7 Å². The predicted octanol–water partition coefficient (Wildman–Crippen LogP) is 3.15. The van der Waals surface area contributed by atoms with E-state index in [0.717, 1.165) is 10.1 Å². The number of rotatable bonds is 5. The van der Waals surface area contributed by atoms with Crippen molar-refractivity contribution in [3.8, 4) is 0 Å². The SMILES string of the molecule is O=C(O)CCCNC(=O)c1sc2ccccc2c1Cl. The second kappa shape index (κ2) is 6.04. The van der Waals surface area contributed by atoms with Crippen molar-refractivity contribution in [2.75, 3.05) is 6.54 Å². The Morgan fingerprint density at radius 1 is 1.32 bits per heavy atom. The van der Waals surface area contributed by atoms with Gasteiger partial charge in [-0.25, -0.2) is 0 Å². The summed E-state index contributed by atoms with van der Waals surface area (Å²) in [6, 6.07) is 7.54. The van der Waals surface area contributed by atoms with Gasteiger partial charge in [-0.2, -0.15) is 0 Å². The molecule has 2 rings (SSSR count). The maximum absolute atomic E-state index is 11.9. The molecule has 2 N–H and O–H groups in total. The first-order chi connectivity index (χ1) is 9.09. The fourth-order valence-electron chi connectivity index (χ4n) is 1.68. The number of thiophene rings is 1. The van der Waals surface area contributed by atoms with Crippen LogP contribution in [0.25, 0.3) is 10.1 Å². The summed E-state index contributed by atoms with van der Waals surface area (Å²) in [5.74, 6) is -1.12. The number of carboxylic acids is 1. The molecule has 0 saturated heterocycles. The number of carboxylic acid groups (broad SMARTS) is 1. The largest absolute Gasteiger partial charge is 0.481 e. The zero-order valence-corrected chi connectivity index (χ0v) is 11.6. The Labute approximate surface area is 119 Å². The lowest BCUT2D eigenvalue weighted by molar-refractivity contribution is -0.137. The molecule has 0 fully saturated rings. The normalized spacial score (nSPS) is 10.6. The topological polar surface area (TPSA) is 66.4 Å². The van der Waals surface area contributed by atoms with Crippen LogP contribution < -0.4 is 5.32 Å². The Bertz CT molecular complexity index is 623. The van der Waals surface area contributed by atoms with E-state index in [1.165, 1.54) is 11.3 Å². The third-order valence-electron chi connectivity index (χ3n) is 2.59. The molecule has 6 heteroatoms. The van der Waals surface area contributed by atoms with E-state index in [1.54, 1.807) is 0 Å². The van der Waals surface area contributed by atoms with E-state index in [-0.39, 0.29) is 12.3 Å². The summed E-state index contributed by atoms with van der Waals surface area (Å²) in [5, 5.41) is 12.5. The molecule has 2 aromatic rings. The van der Waals surface area contributed by atoms with E-state index in [9.17, 15) is 9.59 Å². The van der Waals surface area contributed by atoms with Gasteiger partial charge in [-0.3, -0.25) is 9.59 Å². The molecule has 1 aromatic heterocycles. The third-order valence-corrected chi connectivity index (χ3v) is 4.27. The van der Waals surface area contributed by atoms with Crippen LogP contribution in [0.5, 0.6) is 0 Å². The lowest BCUT2D eigenvalue weighted by Crippen LogP contribution is -2.24. The number of halogens is 1. The van der Waals surface area contributed by atoms with Gasteiger partial charge in [-0.1, -0.05) is 29.8 Å². The molecule has 0 aliphatic carbocycles. The Morgan fingerprint density at radius 2 is 2.05 bits per heavy atom. The molecule has 4 nitrogen and oxygen atoms in total. The van der Waals surface area contributed by atoms with Gasteiger partial charge in [-0.05, 0) is 12.5 Å². The van der Waals surface area contributed by atoms with E-state index >= 15 is 0 Å². The minimum Gasteiger partial charge on any atom is -0.481 e. The number of hydrogen-bond acceptors (Lipinski definition) is 3. The van der Waals surface area contributed by atoms with Gasteiger partial charge >= 0.3 is 5.97 Å². The van der Waals surface area contributed by atoms with Gasteiger partial charge in [0.15, 0.2) is 0 Å². The summed E-state index contributed by atoms with van der Waals surface area (Å²) in [7, 11) is 0. The molecule has 100 valence electrons. The molecule has 1 heterocycles. The molecule has 0 aliphatic rings. The van der Waals surface area contributed by atoms with Gasteiger partial charge in [-0.15, -0.1) is 11.3 Å². The molecule has 0 aliphatic heterocycles. The van der Waals surface area contributed by atoms with E-state index < -0.39 is 5.97 Å². The minimum atomic E-state index is -0.867. The zero-order chi connectivity index (χ0) is 13.8. The molecule has 1 amide bonds. The van der Waals surface area contributed by atoms with E-state index in [0.29, 0.717) is 22.9 Å². The molecular formula is C13H12ClNO3S. The van der Waals surface area contributed by atoms with Crippen LogP contribution in [0.2, 0.25) is 5.02 Å². The van der Waals surface area contributed by atoms with Gasteiger partial charge in [0, 0.05) is 23.1 Å². The number of carbonyl (C=O) groups excluding carboxylic acids is 1. The van der Waals surface area contributed by atoms with Crippen molar-refractivity contribution in [2.45, 2.75) is 12.8 Å². The quantitative estimate of drug-likeness (QED) is 0.833. The number of nitrogens with one attached hydrogen (secondary N) is 1. The fourth-order valence-corrected chi connectivity index (χ4v) is 3.12. The highest BCUT2D eigenvalue weighted by Gasteiger charge is 2.16. The maximum atomic E-state index is 11.9. The van der Waals surface area contributed by atoms with Gasteiger partial charge < -0.3 is 10.4 Å². The number of aliphatic carboxylic acids is 1. The van der Waals surface area contributed by atoms with Crippen molar-refractivity contribution in [3.63, 3.8) is 0 Å². The van der Waals surface area contributed by atoms with Crippen molar-refractivity contribution in [3.05, 3.63) is 34.2 Å². The summed E-state index contributed by atoms with van der Waals surface area (Å²) in [4.78, 5) is 22.8. The van der Waals surface area contributed by atoms with Crippen molar-refractivity contribution in [1.82, 2.24) is 5.32 Å². The monoisotopic (exact) mass is 297 g/mol. The van der Waals surface area contributed by atoms with E-state index in [2.05, 4.69) is 5.32 Å². The lowest BCUT2D eigenvalue weighted by Gasteiger charge is -2.02. The Kier molecular flexibility index (Phi) is 4.39. The summed E-state index contributed by atoms with van der Waals surface area (Å²) in [6.45, 7) is 0.329. The van der Waals surface area contributed by atoms with Crippen molar-refractivity contribution < 1.29 is 14.7 Å². The number of carbonyl (C=O) groups is 2. The zero-order valence-electron chi connectivity index (χ0n) is 9.98. The average molecular weight is 298 g/mol. The van der Waals surface area contributed by atoms with Crippen LogP contribution in [0.4, 0.5) is 0 Å². The molecule has 1 aromatic carbocycles. The molecule has 0 spiro atoms. The van der Waals surface area contributed by atoms with Crippen LogP contribution in [0.15, 0.2) is 24.3 Å². The van der Waals surface area contributed by atoms with Crippen LogP contribution in [-0.2, 0) is 4.79 Å². The van der Waals surface area contributed by atoms with Crippen molar-refractivity contribution in [2.24, 2.45) is 0 Å². The second-order valence-corrected chi connectivity index (χ2v) is 5.42. The Morgan fingerprint density at radius 3 is 2.74 bits per heavy atom. The average Bonchev–Trinajstić information content (AvgIpc) is 2.72. The van der Waals surface area contributed by atoms with Crippen molar-refractivity contribution >= 4 is 44.9 Å². The smallest absolute Gasteiger partial charge is 0.303 e. The highest BCUT2D eigenvalue weighted by atomic mass is 35.5. The third kappa shape index (κ3) is 3.24. The summed E-state index contributed by atoms with van der Waals surface area (Å²) >= 11 is 7.51. The number of fused-ring (bicyclic) bond motifs is 1. The summed E-state index contributed by atoms with van der Waals surface area (Å²) in [5.41, 5.74) is 0. The maximum Gasteiger partial charge on any atom is 0.303 e. The molecule has 0 saturated carbocycles. The molecular weight excluding hydrogens is 286 g/mol. The predicted molar refractivity (Wildman–Crippen MR) is 76.0 cm³/mol. The number of benzene rings is 1. The van der Waals surface area contributed by atoms with Crippen LogP contribution in [0.3, 0.4) is 0 Å². The van der Waals surface area contributed by atoms with Crippen LogP contribution in [-0.4, -0.2) is 23.5 Å². The molecule has 0 bridgehead atoms. The standard InChI is InChI=1S/C13H12ClNO3S/c14-11-8-4-1-2-5-9(8)19-12(11)13(18)15-7-3-6-10(16)17/h1-2,4-5H,3,6-7H2,(H,15,18)(H,16,17). The Balaban J connectivity index is 2.05. The van der Waals surface area contributed by atoms with Crippen LogP contribution in [0, 0.1) is 0 Å². The highest BCUT2D eigenvalue weighted by Crippen LogP contribution is 2.34. The molecule has 0 atom stereocenters. The van der Waals surface area contributed by atoms with Gasteiger partial charge in [0.1, 0.15) is 4.88 Å². The van der Waals surface area contributed by atoms with Crippen LogP contribution >= 0.6 is 22.9 Å². The van der Waals surface area contributed by atoms with E-state index in [1.807, 2.05) is 24.3 Å². The number of amides is 1. The van der Waals surface area contributed by atoms with Crippen LogP contribution in [0.1, 0.15) is 22.5 Å². The first-order valence-electron chi connectivity index (χ1n) is 5.76. The lowest BCUT2D eigenvalue weighted by atomic mass is 10.2. The first-order valence-corrected chi connectivity index (χ1v) is 6.96. The van der Waals surface area contributed by atoms with Gasteiger partial charge in [0.2, 0.25) is 0 Å². The first kappa shape index (κ1) is 13.8. The number of hydrogen-bond donors (Lipinski definition) is 2. The minimum absolute atomic E-state index is 0.0421. The fraction of sp³-hybridized carbons (Fsp3) is 0.231. The molecule has 0 radical (unpaired) electrons. The second-order valence-electron chi connectivity index (χ2n) is 3.99. The molecule has 19 heavy (non-hydrogen) atoms. The Hall–Kier alpha value is -1.59. The molecule has 0 unspecified atom stereocenters. The van der Waals surface area contributed by atoms with Gasteiger partial charge in [0.05, 0.1) is 5.02 Å². The highest BCUT2D eigenvalue weighted by molar-refractivity contribution is 7.21. The summed E-state index contributed by atoms with van der Waals surface area (Å²) < 4.78 is 0.961. The van der Waals surface area contributed by atoms with Gasteiger partial charge in [0.25, 0.3) is 5.91 Å². The summed E-state index contributed by atoms with van der Waals surface area (Å²) in [6.07, 6.45) is 0.448. The van der Waals surface area contributed by atoms with Crippen molar-refractivity contribution in [1.29, 1.82) is 0 Å².